The minimum absolute atomic E-state index is 0.00192. The third-order valence-corrected chi connectivity index (χ3v) is 8.46. The summed E-state index contributed by atoms with van der Waals surface area (Å²) in [5.41, 5.74) is 3.92. The van der Waals surface area contributed by atoms with Crippen molar-refractivity contribution < 1.29 is 17.6 Å². The summed E-state index contributed by atoms with van der Waals surface area (Å²) in [5, 5.41) is 0.424. The number of hydrogen-bond donors (Lipinski definition) is 0. The van der Waals surface area contributed by atoms with Crippen molar-refractivity contribution in [2.24, 2.45) is 0 Å². The van der Waals surface area contributed by atoms with E-state index >= 15 is 0 Å². The molecule has 3 aromatic rings. The maximum atomic E-state index is 13.7. The molecule has 0 aliphatic carbocycles. The van der Waals surface area contributed by atoms with Gasteiger partial charge < -0.3 is 9.32 Å². The molecule has 0 spiro atoms. The third kappa shape index (κ3) is 4.80. The molecule has 1 aliphatic rings. The highest BCUT2D eigenvalue weighted by molar-refractivity contribution is 7.91. The number of hydrogen-bond acceptors (Lipinski definition) is 5. The Bertz CT molecular complexity index is 1410. The lowest BCUT2D eigenvalue weighted by molar-refractivity contribution is 0.0648. The van der Waals surface area contributed by atoms with Gasteiger partial charge in [0.2, 0.25) is 0 Å². The first-order valence-corrected chi connectivity index (χ1v) is 13.3. The maximum absolute atomic E-state index is 13.7. The minimum atomic E-state index is -3.22. The van der Waals surface area contributed by atoms with E-state index < -0.39 is 21.8 Å². The lowest BCUT2D eigenvalue weighted by Crippen LogP contribution is -2.41. The number of carbonyl (C=O) groups is 1. The average molecular weight is 482 g/mol. The van der Waals surface area contributed by atoms with Crippen LogP contribution in [0.25, 0.3) is 11.0 Å². The van der Waals surface area contributed by atoms with Gasteiger partial charge >= 0.3 is 0 Å². The zero-order valence-electron chi connectivity index (χ0n) is 20.3. The fourth-order valence-corrected chi connectivity index (χ4v) is 6.12. The van der Waals surface area contributed by atoms with E-state index in [-0.39, 0.29) is 34.7 Å². The molecule has 1 saturated heterocycles. The Morgan fingerprint density at radius 3 is 2.35 bits per heavy atom. The SMILES string of the molecule is Cc1ccc2c(=O)cc(C(=O)N(Cc3ccc(C(C)(C)C)cc3)[C@H]3CCS(=O)(=O)C3)oc2c1C. The highest BCUT2D eigenvalue weighted by Crippen LogP contribution is 2.26. The second-order valence-electron chi connectivity index (χ2n) is 10.3. The summed E-state index contributed by atoms with van der Waals surface area (Å²) >= 11 is 0. The summed E-state index contributed by atoms with van der Waals surface area (Å²) in [6.45, 7) is 10.4. The van der Waals surface area contributed by atoms with Crippen molar-refractivity contribution in [3.8, 4) is 0 Å². The van der Waals surface area contributed by atoms with Crippen LogP contribution < -0.4 is 5.43 Å². The predicted octanol–water partition coefficient (Wildman–Crippen LogP) is 4.54. The lowest BCUT2D eigenvalue weighted by atomic mass is 9.86. The first-order valence-electron chi connectivity index (χ1n) is 11.5. The van der Waals surface area contributed by atoms with Gasteiger partial charge in [-0.15, -0.1) is 0 Å². The molecule has 2 aromatic carbocycles. The average Bonchev–Trinajstić information content (AvgIpc) is 3.13. The Morgan fingerprint density at radius 2 is 1.76 bits per heavy atom. The molecule has 1 fully saturated rings. The van der Waals surface area contributed by atoms with Crippen LogP contribution in [0, 0.1) is 13.8 Å². The first-order chi connectivity index (χ1) is 15.9. The molecule has 0 radical (unpaired) electrons. The van der Waals surface area contributed by atoms with E-state index in [9.17, 15) is 18.0 Å². The Labute approximate surface area is 200 Å². The van der Waals surface area contributed by atoms with Crippen LogP contribution >= 0.6 is 0 Å². The van der Waals surface area contributed by atoms with E-state index in [1.807, 2.05) is 44.2 Å². The van der Waals surface area contributed by atoms with Crippen molar-refractivity contribution in [2.75, 3.05) is 11.5 Å². The Hall–Kier alpha value is -2.93. The minimum Gasteiger partial charge on any atom is -0.450 e. The first kappa shape index (κ1) is 24.2. The smallest absolute Gasteiger partial charge is 0.290 e. The second kappa shape index (κ2) is 8.69. The van der Waals surface area contributed by atoms with Crippen molar-refractivity contribution in [3.05, 3.63) is 80.7 Å². The maximum Gasteiger partial charge on any atom is 0.290 e. The molecule has 7 heteroatoms. The fourth-order valence-electron chi connectivity index (χ4n) is 4.39. The molecule has 1 atom stereocenters. The largest absolute Gasteiger partial charge is 0.450 e. The predicted molar refractivity (Wildman–Crippen MR) is 134 cm³/mol. The molecule has 34 heavy (non-hydrogen) atoms. The fraction of sp³-hybridized carbons (Fsp3) is 0.407. The summed E-state index contributed by atoms with van der Waals surface area (Å²) in [4.78, 5) is 28.0. The lowest BCUT2D eigenvalue weighted by Gasteiger charge is -2.28. The second-order valence-corrected chi connectivity index (χ2v) is 12.5. The summed E-state index contributed by atoms with van der Waals surface area (Å²) in [5.74, 6) is -0.581. The molecule has 180 valence electrons. The van der Waals surface area contributed by atoms with Crippen molar-refractivity contribution in [3.63, 3.8) is 0 Å². The van der Waals surface area contributed by atoms with Gasteiger partial charge in [-0.3, -0.25) is 9.59 Å². The topological polar surface area (TPSA) is 84.7 Å². The summed E-state index contributed by atoms with van der Waals surface area (Å²) in [6, 6.07) is 12.3. The Morgan fingerprint density at radius 1 is 1.09 bits per heavy atom. The molecule has 1 aliphatic heterocycles. The van der Waals surface area contributed by atoms with Crippen LogP contribution in [0.15, 0.2) is 51.7 Å². The molecule has 0 unspecified atom stereocenters. The summed E-state index contributed by atoms with van der Waals surface area (Å²) in [6.07, 6.45) is 0.365. The molecule has 0 N–H and O–H groups in total. The molecule has 6 nitrogen and oxygen atoms in total. The van der Waals surface area contributed by atoms with Gasteiger partial charge in [-0.2, -0.15) is 0 Å². The van der Waals surface area contributed by atoms with E-state index in [0.29, 0.717) is 17.4 Å². The van der Waals surface area contributed by atoms with Crippen LogP contribution in [-0.4, -0.2) is 36.8 Å². The number of sulfone groups is 1. The van der Waals surface area contributed by atoms with Crippen LogP contribution in [0.4, 0.5) is 0 Å². The number of rotatable bonds is 4. The van der Waals surface area contributed by atoms with E-state index in [1.165, 1.54) is 11.6 Å². The Balaban J connectivity index is 1.74. The van der Waals surface area contributed by atoms with E-state index in [0.717, 1.165) is 16.7 Å². The van der Waals surface area contributed by atoms with E-state index in [4.69, 9.17) is 4.42 Å². The third-order valence-electron chi connectivity index (χ3n) is 6.71. The van der Waals surface area contributed by atoms with Crippen molar-refractivity contribution in [2.45, 2.75) is 59.0 Å². The van der Waals surface area contributed by atoms with Gasteiger partial charge in [-0.25, -0.2) is 8.42 Å². The molecule has 1 aromatic heterocycles. The monoisotopic (exact) mass is 481 g/mol. The molecular weight excluding hydrogens is 450 g/mol. The standard InChI is InChI=1S/C27H31NO5S/c1-17-6-11-22-23(29)14-24(33-25(22)18(17)2)26(30)28(21-12-13-34(31,32)16-21)15-19-7-9-20(10-8-19)27(3,4)5/h6-11,14,21H,12-13,15-16H2,1-5H3/t21-/m0/s1. The van der Waals surface area contributed by atoms with E-state index in [1.54, 1.807) is 11.0 Å². The van der Waals surface area contributed by atoms with Gasteiger partial charge in [0, 0.05) is 18.7 Å². The molecular formula is C27H31NO5S. The van der Waals surface area contributed by atoms with Crippen molar-refractivity contribution >= 4 is 26.7 Å². The zero-order valence-corrected chi connectivity index (χ0v) is 21.2. The van der Waals surface area contributed by atoms with Crippen molar-refractivity contribution in [1.82, 2.24) is 4.90 Å². The van der Waals surface area contributed by atoms with Crippen LogP contribution in [-0.2, 0) is 21.8 Å². The summed E-state index contributed by atoms with van der Waals surface area (Å²) in [7, 11) is -3.22. The van der Waals surface area contributed by atoms with Gasteiger partial charge in [0.1, 0.15) is 5.58 Å². The number of amides is 1. The van der Waals surface area contributed by atoms with Crippen LogP contribution in [0.3, 0.4) is 0 Å². The number of fused-ring (bicyclic) bond motifs is 1. The molecule has 0 saturated carbocycles. The zero-order chi connectivity index (χ0) is 24.8. The van der Waals surface area contributed by atoms with E-state index in [2.05, 4.69) is 20.8 Å². The summed E-state index contributed by atoms with van der Waals surface area (Å²) < 4.78 is 30.4. The van der Waals surface area contributed by atoms with Gasteiger partial charge in [-0.1, -0.05) is 51.1 Å². The highest BCUT2D eigenvalue weighted by atomic mass is 32.2. The van der Waals surface area contributed by atoms with Crippen LogP contribution in [0.5, 0.6) is 0 Å². The quantitative estimate of drug-likeness (QED) is 0.546. The Kier molecular flexibility index (Phi) is 6.19. The normalized spacial score (nSPS) is 17.7. The van der Waals surface area contributed by atoms with Gasteiger partial charge in [0.15, 0.2) is 21.0 Å². The van der Waals surface area contributed by atoms with Gasteiger partial charge in [-0.05, 0) is 54.0 Å². The van der Waals surface area contributed by atoms with Crippen LogP contribution in [0.1, 0.15) is 60.0 Å². The molecule has 4 rings (SSSR count). The number of carbonyl (C=O) groups excluding carboxylic acids is 1. The molecule has 2 heterocycles. The molecule has 0 bridgehead atoms. The van der Waals surface area contributed by atoms with Gasteiger partial charge in [0.05, 0.1) is 16.9 Å². The number of benzene rings is 2. The number of aryl methyl sites for hydroxylation is 2. The molecule has 1 amide bonds. The van der Waals surface area contributed by atoms with Gasteiger partial charge in [0.25, 0.3) is 5.91 Å². The highest BCUT2D eigenvalue weighted by Gasteiger charge is 2.36. The van der Waals surface area contributed by atoms with Crippen molar-refractivity contribution in [1.29, 1.82) is 0 Å². The van der Waals surface area contributed by atoms with Crippen LogP contribution in [0.2, 0.25) is 0 Å². The number of nitrogens with zero attached hydrogens (tertiary/aromatic N) is 1.